The second kappa shape index (κ2) is 8.85. The van der Waals surface area contributed by atoms with Gasteiger partial charge in [0, 0.05) is 17.0 Å². The first-order valence-corrected chi connectivity index (χ1v) is 10.5. The number of nitriles is 1. The number of methoxy groups -OCH3 is 1. The summed E-state index contributed by atoms with van der Waals surface area (Å²) in [7, 11) is 1.65. The molecule has 0 saturated heterocycles. The zero-order valence-corrected chi connectivity index (χ0v) is 17.6. The molecule has 0 aliphatic heterocycles. The van der Waals surface area contributed by atoms with E-state index >= 15 is 0 Å². The van der Waals surface area contributed by atoms with Crippen molar-refractivity contribution in [3.8, 4) is 28.9 Å². The Bertz CT molecular complexity index is 1170. The number of nitrogens with zero attached hydrogens (tertiary/aromatic N) is 4. The van der Waals surface area contributed by atoms with Crippen molar-refractivity contribution in [2.45, 2.75) is 17.8 Å². The Morgan fingerprint density at radius 2 is 1.63 bits per heavy atom. The van der Waals surface area contributed by atoms with E-state index in [1.807, 2.05) is 48.5 Å². The molecule has 5 nitrogen and oxygen atoms in total. The molecule has 0 aliphatic rings. The maximum atomic E-state index is 8.98. The molecule has 0 saturated carbocycles. The second-order valence-corrected chi connectivity index (χ2v) is 7.75. The summed E-state index contributed by atoms with van der Waals surface area (Å²) in [6, 6.07) is 25.9. The van der Waals surface area contributed by atoms with E-state index < -0.39 is 0 Å². The standard InChI is InChI=1S/C24H20N4OS/c1-17-3-11-21(12-4-17)28-23(20-9-13-22(29-2)14-10-20)26-27-24(28)30-16-19-7-5-18(15-25)6-8-19/h3-14H,16H2,1-2H3. The third-order valence-corrected chi connectivity index (χ3v) is 5.72. The number of aryl methyl sites for hydroxylation is 1. The van der Waals surface area contributed by atoms with Crippen LogP contribution in [-0.4, -0.2) is 21.9 Å². The second-order valence-electron chi connectivity index (χ2n) is 6.80. The quantitative estimate of drug-likeness (QED) is 0.396. The van der Waals surface area contributed by atoms with Crippen molar-refractivity contribution in [1.29, 1.82) is 5.26 Å². The van der Waals surface area contributed by atoms with Crippen LogP contribution in [0, 0.1) is 18.3 Å². The zero-order valence-electron chi connectivity index (χ0n) is 16.7. The molecule has 0 aliphatic carbocycles. The molecule has 4 aromatic rings. The molecule has 0 spiro atoms. The van der Waals surface area contributed by atoms with Crippen molar-refractivity contribution < 1.29 is 4.74 Å². The lowest BCUT2D eigenvalue weighted by molar-refractivity contribution is 0.415. The molecule has 1 heterocycles. The summed E-state index contributed by atoms with van der Waals surface area (Å²) in [5.74, 6) is 2.32. The molecule has 0 bridgehead atoms. The van der Waals surface area contributed by atoms with Gasteiger partial charge >= 0.3 is 0 Å². The van der Waals surface area contributed by atoms with E-state index in [1.54, 1.807) is 18.9 Å². The molecular formula is C24H20N4OS. The first-order chi connectivity index (χ1) is 14.7. The van der Waals surface area contributed by atoms with Gasteiger partial charge in [-0.25, -0.2) is 0 Å². The van der Waals surface area contributed by atoms with Gasteiger partial charge in [-0.15, -0.1) is 10.2 Å². The van der Waals surface area contributed by atoms with Gasteiger partial charge in [0.15, 0.2) is 11.0 Å². The fraction of sp³-hybridized carbons (Fsp3) is 0.125. The molecule has 0 unspecified atom stereocenters. The number of ether oxygens (including phenoxy) is 1. The molecular weight excluding hydrogens is 392 g/mol. The molecule has 4 rings (SSSR count). The van der Waals surface area contributed by atoms with Crippen molar-refractivity contribution in [2.24, 2.45) is 0 Å². The van der Waals surface area contributed by atoms with E-state index in [0.29, 0.717) is 5.56 Å². The zero-order chi connectivity index (χ0) is 20.9. The van der Waals surface area contributed by atoms with Gasteiger partial charge < -0.3 is 4.74 Å². The van der Waals surface area contributed by atoms with Crippen LogP contribution < -0.4 is 4.74 Å². The molecule has 148 valence electrons. The van der Waals surface area contributed by atoms with Gasteiger partial charge in [0.2, 0.25) is 0 Å². The van der Waals surface area contributed by atoms with Gasteiger partial charge in [0.25, 0.3) is 0 Å². The number of aromatic nitrogens is 3. The van der Waals surface area contributed by atoms with Crippen LogP contribution >= 0.6 is 11.8 Å². The number of thioether (sulfide) groups is 1. The normalized spacial score (nSPS) is 10.6. The Hall–Kier alpha value is -3.56. The molecule has 0 N–H and O–H groups in total. The Kier molecular flexibility index (Phi) is 5.82. The largest absolute Gasteiger partial charge is 0.497 e. The van der Waals surface area contributed by atoms with Crippen LogP contribution in [0.5, 0.6) is 5.75 Å². The van der Waals surface area contributed by atoms with Gasteiger partial charge in [0.05, 0.1) is 18.7 Å². The Morgan fingerprint density at radius 1 is 0.933 bits per heavy atom. The average Bonchev–Trinajstić information content (AvgIpc) is 3.22. The smallest absolute Gasteiger partial charge is 0.196 e. The lowest BCUT2D eigenvalue weighted by atomic mass is 10.2. The number of hydrogen-bond acceptors (Lipinski definition) is 5. The van der Waals surface area contributed by atoms with Crippen LogP contribution in [0.1, 0.15) is 16.7 Å². The van der Waals surface area contributed by atoms with Crippen molar-refractivity contribution >= 4 is 11.8 Å². The molecule has 0 fully saturated rings. The summed E-state index contributed by atoms with van der Waals surface area (Å²) < 4.78 is 7.35. The minimum absolute atomic E-state index is 0.661. The summed E-state index contributed by atoms with van der Waals surface area (Å²) in [6.45, 7) is 2.07. The first-order valence-electron chi connectivity index (χ1n) is 9.46. The maximum Gasteiger partial charge on any atom is 0.196 e. The van der Waals surface area contributed by atoms with E-state index in [9.17, 15) is 0 Å². The van der Waals surface area contributed by atoms with Crippen LogP contribution in [-0.2, 0) is 5.75 Å². The van der Waals surface area contributed by atoms with Gasteiger partial charge in [-0.1, -0.05) is 41.6 Å². The highest BCUT2D eigenvalue weighted by Crippen LogP contribution is 2.30. The van der Waals surface area contributed by atoms with Crippen molar-refractivity contribution in [3.63, 3.8) is 0 Å². The summed E-state index contributed by atoms with van der Waals surface area (Å²) in [4.78, 5) is 0. The van der Waals surface area contributed by atoms with Crippen LogP contribution in [0.15, 0.2) is 78.0 Å². The highest BCUT2D eigenvalue weighted by atomic mass is 32.2. The lowest BCUT2D eigenvalue weighted by Crippen LogP contribution is -2.00. The number of hydrogen-bond donors (Lipinski definition) is 0. The predicted molar refractivity (Wildman–Crippen MR) is 119 cm³/mol. The highest BCUT2D eigenvalue weighted by molar-refractivity contribution is 7.98. The minimum Gasteiger partial charge on any atom is -0.497 e. The predicted octanol–water partition coefficient (Wildman–Crippen LogP) is 5.42. The van der Waals surface area contributed by atoms with E-state index in [0.717, 1.165) is 39.3 Å². The average molecular weight is 413 g/mol. The fourth-order valence-corrected chi connectivity index (χ4v) is 3.95. The summed E-state index contributed by atoms with van der Waals surface area (Å²) in [5.41, 5.74) is 4.97. The molecule has 0 atom stereocenters. The topological polar surface area (TPSA) is 63.7 Å². The van der Waals surface area contributed by atoms with Crippen LogP contribution in [0.2, 0.25) is 0 Å². The van der Waals surface area contributed by atoms with E-state index in [-0.39, 0.29) is 0 Å². The van der Waals surface area contributed by atoms with Crippen LogP contribution in [0.25, 0.3) is 17.1 Å². The maximum absolute atomic E-state index is 8.98. The Labute approximate surface area is 180 Å². The lowest BCUT2D eigenvalue weighted by Gasteiger charge is -2.11. The van der Waals surface area contributed by atoms with Gasteiger partial charge in [-0.3, -0.25) is 4.57 Å². The highest BCUT2D eigenvalue weighted by Gasteiger charge is 2.16. The van der Waals surface area contributed by atoms with Crippen molar-refractivity contribution in [3.05, 3.63) is 89.5 Å². The van der Waals surface area contributed by atoms with Crippen molar-refractivity contribution in [1.82, 2.24) is 14.8 Å². The number of rotatable bonds is 6. The summed E-state index contributed by atoms with van der Waals surface area (Å²) >= 11 is 1.62. The monoisotopic (exact) mass is 412 g/mol. The molecule has 0 amide bonds. The van der Waals surface area contributed by atoms with Crippen LogP contribution in [0.4, 0.5) is 0 Å². The minimum atomic E-state index is 0.661. The summed E-state index contributed by atoms with van der Waals surface area (Å²) in [6.07, 6.45) is 0. The molecule has 30 heavy (non-hydrogen) atoms. The van der Waals surface area contributed by atoms with Crippen molar-refractivity contribution in [2.75, 3.05) is 7.11 Å². The van der Waals surface area contributed by atoms with Crippen LogP contribution in [0.3, 0.4) is 0 Å². The van der Waals surface area contributed by atoms with Gasteiger partial charge in [-0.05, 0) is 61.0 Å². The molecule has 1 aromatic heterocycles. The first kappa shape index (κ1) is 19.7. The summed E-state index contributed by atoms with van der Waals surface area (Å²) in [5, 5.41) is 18.8. The third-order valence-electron chi connectivity index (χ3n) is 4.72. The third kappa shape index (κ3) is 4.22. The Balaban J connectivity index is 1.69. The van der Waals surface area contributed by atoms with Gasteiger partial charge in [0.1, 0.15) is 5.75 Å². The Morgan fingerprint density at radius 3 is 2.27 bits per heavy atom. The fourth-order valence-electron chi connectivity index (χ4n) is 3.04. The number of benzene rings is 3. The van der Waals surface area contributed by atoms with E-state index in [1.165, 1.54) is 5.56 Å². The van der Waals surface area contributed by atoms with Gasteiger partial charge in [-0.2, -0.15) is 5.26 Å². The molecule has 3 aromatic carbocycles. The van der Waals surface area contributed by atoms with E-state index in [2.05, 4.69) is 52.0 Å². The molecule has 0 radical (unpaired) electrons. The van der Waals surface area contributed by atoms with E-state index in [4.69, 9.17) is 10.00 Å². The SMILES string of the molecule is COc1ccc(-c2nnc(SCc3ccc(C#N)cc3)n2-c2ccc(C)cc2)cc1. The molecule has 6 heteroatoms.